The molecule has 4 nitrogen and oxygen atoms in total. The lowest BCUT2D eigenvalue weighted by Crippen LogP contribution is -2.15. The van der Waals surface area contributed by atoms with Crippen LogP contribution in [0.5, 0.6) is 0 Å². The van der Waals surface area contributed by atoms with Gasteiger partial charge in [-0.2, -0.15) is 5.10 Å². The molecule has 1 N–H and O–H groups in total. The third-order valence-corrected chi connectivity index (χ3v) is 2.96. The molecule has 0 saturated carbocycles. The van der Waals surface area contributed by atoms with Crippen molar-refractivity contribution in [3.8, 4) is 5.82 Å². The van der Waals surface area contributed by atoms with Crippen LogP contribution in [0, 0.1) is 0 Å². The maximum atomic E-state index is 4.63. The van der Waals surface area contributed by atoms with E-state index in [1.165, 1.54) is 0 Å². The summed E-state index contributed by atoms with van der Waals surface area (Å²) in [4.78, 5) is 4.63. The summed E-state index contributed by atoms with van der Waals surface area (Å²) in [5.41, 5.74) is 2.14. The van der Waals surface area contributed by atoms with Gasteiger partial charge in [0, 0.05) is 12.7 Å². The summed E-state index contributed by atoms with van der Waals surface area (Å²) in [7, 11) is 0. The molecule has 0 amide bonds. The van der Waals surface area contributed by atoms with Crippen LogP contribution in [0.15, 0.2) is 30.5 Å². The fourth-order valence-corrected chi connectivity index (χ4v) is 1.86. The number of nitrogens with zero attached hydrogens (tertiary/aromatic N) is 3. The maximum Gasteiger partial charge on any atom is 0.153 e. The first-order chi connectivity index (χ1) is 9.20. The normalized spacial score (nSPS) is 11.2. The monoisotopic (exact) mass is 258 g/mol. The molecule has 0 radical (unpaired) electrons. The summed E-state index contributed by atoms with van der Waals surface area (Å²) in [6.45, 7) is 8.27. The molecular weight excluding hydrogens is 236 g/mol. The van der Waals surface area contributed by atoms with E-state index < -0.39 is 0 Å². The lowest BCUT2D eigenvalue weighted by atomic mass is 10.1. The van der Waals surface area contributed by atoms with Crippen molar-refractivity contribution >= 4 is 0 Å². The molecule has 19 heavy (non-hydrogen) atoms. The van der Waals surface area contributed by atoms with Crippen LogP contribution in [0.1, 0.15) is 44.5 Å². The molecule has 102 valence electrons. The van der Waals surface area contributed by atoms with Crippen molar-refractivity contribution in [2.75, 3.05) is 6.54 Å². The van der Waals surface area contributed by atoms with Crippen LogP contribution in [-0.4, -0.2) is 21.3 Å². The first-order valence-electron chi connectivity index (χ1n) is 6.93. The fourth-order valence-electron chi connectivity index (χ4n) is 1.86. The summed E-state index contributed by atoms with van der Waals surface area (Å²) < 4.78 is 1.85. The Morgan fingerprint density at radius 2 is 2.11 bits per heavy atom. The quantitative estimate of drug-likeness (QED) is 0.810. The molecule has 0 unspecified atom stereocenters. The highest BCUT2D eigenvalue weighted by Crippen LogP contribution is 2.13. The molecule has 0 bridgehead atoms. The molecule has 4 heteroatoms. The molecule has 0 spiro atoms. The van der Waals surface area contributed by atoms with Crippen LogP contribution in [0.3, 0.4) is 0 Å². The molecule has 2 aromatic rings. The Hall–Kier alpha value is -1.68. The van der Waals surface area contributed by atoms with Crippen molar-refractivity contribution in [1.29, 1.82) is 0 Å². The Labute approximate surface area is 114 Å². The molecule has 0 atom stereocenters. The van der Waals surface area contributed by atoms with E-state index in [1.54, 1.807) is 0 Å². The van der Waals surface area contributed by atoms with Crippen molar-refractivity contribution in [2.24, 2.45) is 0 Å². The van der Waals surface area contributed by atoms with Gasteiger partial charge >= 0.3 is 0 Å². The first kappa shape index (κ1) is 13.7. The van der Waals surface area contributed by atoms with Crippen LogP contribution in [0.25, 0.3) is 5.82 Å². The van der Waals surface area contributed by atoms with Gasteiger partial charge in [-0.3, -0.25) is 0 Å². The van der Waals surface area contributed by atoms with Crippen LogP contribution in [0.4, 0.5) is 0 Å². The van der Waals surface area contributed by atoms with Crippen LogP contribution >= 0.6 is 0 Å². The minimum absolute atomic E-state index is 0.440. The van der Waals surface area contributed by atoms with Crippen molar-refractivity contribution in [2.45, 2.75) is 39.7 Å². The van der Waals surface area contributed by atoms with Crippen LogP contribution in [0.2, 0.25) is 0 Å². The summed E-state index contributed by atoms with van der Waals surface area (Å²) in [5, 5.41) is 7.91. The summed E-state index contributed by atoms with van der Waals surface area (Å²) in [5.74, 6) is 1.32. The van der Waals surface area contributed by atoms with E-state index in [2.05, 4.69) is 36.2 Å². The highest BCUT2D eigenvalue weighted by Gasteiger charge is 2.06. The lowest BCUT2D eigenvalue weighted by Gasteiger charge is -2.06. The molecule has 2 rings (SSSR count). The zero-order valence-corrected chi connectivity index (χ0v) is 11.9. The van der Waals surface area contributed by atoms with E-state index in [1.807, 2.05) is 35.1 Å². The number of hydrogen-bond donors (Lipinski definition) is 1. The van der Waals surface area contributed by atoms with Crippen molar-refractivity contribution in [1.82, 2.24) is 20.1 Å². The van der Waals surface area contributed by atoms with Crippen molar-refractivity contribution < 1.29 is 0 Å². The van der Waals surface area contributed by atoms with E-state index in [9.17, 15) is 0 Å². The minimum atomic E-state index is 0.440. The Balaban J connectivity index is 2.12. The Morgan fingerprint density at radius 3 is 2.79 bits per heavy atom. The maximum absolute atomic E-state index is 4.63. The largest absolute Gasteiger partial charge is 0.311 e. The molecule has 0 aliphatic carbocycles. The SMILES string of the molecule is CCCNCc1cccc(-n2ccc(C(C)C)n2)n1. The number of rotatable bonds is 6. The molecule has 2 aromatic heterocycles. The highest BCUT2D eigenvalue weighted by molar-refractivity contribution is 5.24. The molecule has 0 aliphatic rings. The number of hydrogen-bond acceptors (Lipinski definition) is 3. The average molecular weight is 258 g/mol. The number of pyridine rings is 1. The van der Waals surface area contributed by atoms with E-state index in [-0.39, 0.29) is 0 Å². The lowest BCUT2D eigenvalue weighted by molar-refractivity contribution is 0.660. The van der Waals surface area contributed by atoms with Gasteiger partial charge in [0.25, 0.3) is 0 Å². The van der Waals surface area contributed by atoms with E-state index in [0.717, 1.165) is 36.7 Å². The third kappa shape index (κ3) is 3.64. The Bertz CT molecular complexity index is 516. The van der Waals surface area contributed by atoms with Gasteiger partial charge in [0.1, 0.15) is 0 Å². The Kier molecular flexibility index (Phi) is 4.68. The van der Waals surface area contributed by atoms with Gasteiger partial charge in [-0.15, -0.1) is 0 Å². The van der Waals surface area contributed by atoms with Gasteiger partial charge in [0.15, 0.2) is 5.82 Å². The number of aromatic nitrogens is 3. The zero-order valence-electron chi connectivity index (χ0n) is 11.9. The van der Waals surface area contributed by atoms with E-state index in [4.69, 9.17) is 0 Å². The van der Waals surface area contributed by atoms with Gasteiger partial charge < -0.3 is 5.32 Å². The fraction of sp³-hybridized carbons (Fsp3) is 0.467. The molecule has 0 aliphatic heterocycles. The zero-order chi connectivity index (χ0) is 13.7. The Morgan fingerprint density at radius 1 is 1.26 bits per heavy atom. The molecule has 0 aromatic carbocycles. The molecular formula is C15H22N4. The highest BCUT2D eigenvalue weighted by atomic mass is 15.3. The smallest absolute Gasteiger partial charge is 0.153 e. The molecule has 0 fully saturated rings. The van der Waals surface area contributed by atoms with Crippen LogP contribution in [-0.2, 0) is 6.54 Å². The van der Waals surface area contributed by atoms with Gasteiger partial charge in [-0.25, -0.2) is 9.67 Å². The summed E-state index contributed by atoms with van der Waals surface area (Å²) in [6.07, 6.45) is 3.11. The second kappa shape index (κ2) is 6.48. The van der Waals surface area contributed by atoms with Gasteiger partial charge in [-0.05, 0) is 37.1 Å². The number of nitrogens with one attached hydrogen (secondary N) is 1. The van der Waals surface area contributed by atoms with Crippen molar-refractivity contribution in [3.63, 3.8) is 0 Å². The predicted molar refractivity (Wildman–Crippen MR) is 77.4 cm³/mol. The summed E-state index contributed by atoms with van der Waals surface area (Å²) in [6, 6.07) is 8.11. The summed E-state index contributed by atoms with van der Waals surface area (Å²) >= 11 is 0. The van der Waals surface area contributed by atoms with Gasteiger partial charge in [0.05, 0.1) is 11.4 Å². The molecule has 2 heterocycles. The van der Waals surface area contributed by atoms with Gasteiger partial charge in [-0.1, -0.05) is 26.8 Å². The van der Waals surface area contributed by atoms with Crippen molar-refractivity contribution in [3.05, 3.63) is 41.9 Å². The molecule has 0 saturated heterocycles. The second-order valence-electron chi connectivity index (χ2n) is 5.00. The predicted octanol–water partition coefficient (Wildman–Crippen LogP) is 2.89. The van der Waals surface area contributed by atoms with Gasteiger partial charge in [0.2, 0.25) is 0 Å². The third-order valence-electron chi connectivity index (χ3n) is 2.96. The topological polar surface area (TPSA) is 42.7 Å². The van der Waals surface area contributed by atoms with Crippen LogP contribution < -0.4 is 5.32 Å². The van der Waals surface area contributed by atoms with E-state index >= 15 is 0 Å². The van der Waals surface area contributed by atoms with E-state index in [0.29, 0.717) is 5.92 Å². The average Bonchev–Trinajstić information content (AvgIpc) is 2.89. The first-order valence-corrected chi connectivity index (χ1v) is 6.93. The second-order valence-corrected chi connectivity index (χ2v) is 5.00. The standard InChI is InChI=1S/C15H22N4/c1-4-9-16-11-13-6-5-7-15(17-13)19-10-8-14(18-19)12(2)3/h5-8,10,12,16H,4,9,11H2,1-3H3. The minimum Gasteiger partial charge on any atom is -0.311 e.